The van der Waals surface area contributed by atoms with Gasteiger partial charge < -0.3 is 9.84 Å². The molecule has 1 rings (SSSR count). The molecule has 64 valence electrons. The van der Waals surface area contributed by atoms with Gasteiger partial charge >= 0.3 is 0 Å². The maximum absolute atomic E-state index is 11.2. The highest BCUT2D eigenvalue weighted by atomic mass is 16.5. The molecule has 0 saturated heterocycles. The molecule has 0 amide bonds. The Morgan fingerprint density at radius 3 is 2.75 bits per heavy atom. The van der Waals surface area contributed by atoms with Crippen LogP contribution in [0.2, 0.25) is 0 Å². The molecule has 1 N–H and O–H groups in total. The summed E-state index contributed by atoms with van der Waals surface area (Å²) in [4.78, 5) is 11.2. The van der Waals surface area contributed by atoms with Crippen molar-refractivity contribution in [2.75, 3.05) is 7.11 Å². The van der Waals surface area contributed by atoms with E-state index in [-0.39, 0.29) is 17.8 Å². The van der Waals surface area contributed by atoms with E-state index in [0.29, 0.717) is 5.56 Å². The quantitative estimate of drug-likeness (QED) is 0.710. The first-order chi connectivity index (χ1) is 5.75. The first-order valence-electron chi connectivity index (χ1n) is 3.56. The molecule has 1 aromatic rings. The fourth-order valence-corrected chi connectivity index (χ4v) is 0.903. The molecule has 0 bridgehead atoms. The summed E-state index contributed by atoms with van der Waals surface area (Å²) in [7, 11) is 1.50. The smallest absolute Gasteiger partial charge is 0.225 e. The molecule has 12 heavy (non-hydrogen) atoms. The van der Waals surface area contributed by atoms with E-state index in [9.17, 15) is 4.79 Å². The zero-order chi connectivity index (χ0) is 8.97. The van der Waals surface area contributed by atoms with Gasteiger partial charge in [-0.1, -0.05) is 18.2 Å². The minimum absolute atomic E-state index is 0.223. The van der Waals surface area contributed by atoms with E-state index in [1.54, 1.807) is 18.2 Å². The van der Waals surface area contributed by atoms with Gasteiger partial charge in [0.25, 0.3) is 0 Å². The Labute approximate surface area is 70.2 Å². The van der Waals surface area contributed by atoms with Crippen molar-refractivity contribution in [1.82, 2.24) is 0 Å². The number of rotatable bonds is 2. The molecular formula is C9H10O3. The maximum Gasteiger partial charge on any atom is 0.225 e. The minimum atomic E-state index is -0.373. The summed E-state index contributed by atoms with van der Waals surface area (Å²) < 4.78 is 4.79. The third-order valence-corrected chi connectivity index (χ3v) is 1.49. The fourth-order valence-electron chi connectivity index (χ4n) is 0.903. The van der Waals surface area contributed by atoms with E-state index in [1.165, 1.54) is 13.2 Å². The SMILES string of the molecule is COCc1ccccc(O)c1=O. The van der Waals surface area contributed by atoms with Crippen molar-refractivity contribution >= 4 is 0 Å². The van der Waals surface area contributed by atoms with Gasteiger partial charge in [0, 0.05) is 12.7 Å². The summed E-state index contributed by atoms with van der Waals surface area (Å²) in [5.74, 6) is -0.243. The Hall–Kier alpha value is -1.35. The van der Waals surface area contributed by atoms with Crippen LogP contribution in [0.3, 0.4) is 0 Å². The second-order valence-corrected chi connectivity index (χ2v) is 2.39. The molecule has 0 aliphatic rings. The summed E-state index contributed by atoms with van der Waals surface area (Å²) in [6.07, 6.45) is 0. The lowest BCUT2D eigenvalue weighted by Crippen LogP contribution is -2.05. The predicted octanol–water partition coefficient (Wildman–Crippen LogP) is 0.899. The van der Waals surface area contributed by atoms with E-state index in [4.69, 9.17) is 9.84 Å². The molecule has 0 aliphatic carbocycles. The molecule has 0 spiro atoms. The number of hydrogen-bond donors (Lipinski definition) is 1. The van der Waals surface area contributed by atoms with Gasteiger partial charge in [0.1, 0.15) is 0 Å². The third-order valence-electron chi connectivity index (χ3n) is 1.49. The Balaban J connectivity index is 3.23. The molecule has 1 aromatic carbocycles. The van der Waals surface area contributed by atoms with Gasteiger partial charge in [0.2, 0.25) is 5.43 Å². The highest BCUT2D eigenvalue weighted by Gasteiger charge is 1.99. The van der Waals surface area contributed by atoms with Crippen LogP contribution >= 0.6 is 0 Å². The molecule has 0 fully saturated rings. The summed E-state index contributed by atoms with van der Waals surface area (Å²) in [6, 6.07) is 6.29. The summed E-state index contributed by atoms with van der Waals surface area (Å²) in [5, 5.41) is 9.12. The number of ether oxygens (including phenoxy) is 1. The second-order valence-electron chi connectivity index (χ2n) is 2.39. The molecule has 0 unspecified atom stereocenters. The van der Waals surface area contributed by atoms with Crippen LogP contribution in [0.15, 0.2) is 29.1 Å². The van der Waals surface area contributed by atoms with Crippen molar-refractivity contribution in [2.24, 2.45) is 0 Å². The number of hydrogen-bond acceptors (Lipinski definition) is 3. The van der Waals surface area contributed by atoms with Crippen molar-refractivity contribution in [3.8, 4) is 5.75 Å². The minimum Gasteiger partial charge on any atom is -0.504 e. The zero-order valence-electron chi connectivity index (χ0n) is 6.78. The third kappa shape index (κ3) is 1.83. The molecule has 0 heterocycles. The highest BCUT2D eigenvalue weighted by molar-refractivity contribution is 5.25. The van der Waals surface area contributed by atoms with Gasteiger partial charge in [0.05, 0.1) is 6.61 Å². The Bertz CT molecular complexity index is 320. The largest absolute Gasteiger partial charge is 0.504 e. The molecule has 0 atom stereocenters. The second kappa shape index (κ2) is 3.88. The predicted molar refractivity (Wildman–Crippen MR) is 45.1 cm³/mol. The molecule has 0 radical (unpaired) electrons. The maximum atomic E-state index is 11.2. The fraction of sp³-hybridized carbons (Fsp3) is 0.222. The van der Waals surface area contributed by atoms with E-state index in [2.05, 4.69) is 0 Å². The zero-order valence-corrected chi connectivity index (χ0v) is 6.78. The number of methoxy groups -OCH3 is 1. The van der Waals surface area contributed by atoms with Crippen molar-refractivity contribution in [1.29, 1.82) is 0 Å². The first-order valence-corrected chi connectivity index (χ1v) is 3.56. The van der Waals surface area contributed by atoms with Crippen molar-refractivity contribution in [3.63, 3.8) is 0 Å². The first kappa shape index (κ1) is 8.74. The van der Waals surface area contributed by atoms with Gasteiger partial charge in [-0.25, -0.2) is 0 Å². The van der Waals surface area contributed by atoms with Crippen molar-refractivity contribution in [3.05, 3.63) is 40.1 Å². The van der Waals surface area contributed by atoms with Crippen LogP contribution in [-0.2, 0) is 11.3 Å². The van der Waals surface area contributed by atoms with Crippen LogP contribution < -0.4 is 5.43 Å². The number of aromatic hydroxyl groups is 1. The Morgan fingerprint density at radius 1 is 1.42 bits per heavy atom. The van der Waals surface area contributed by atoms with Crippen molar-refractivity contribution in [2.45, 2.75) is 6.61 Å². The van der Waals surface area contributed by atoms with Crippen LogP contribution in [-0.4, -0.2) is 12.2 Å². The lowest BCUT2D eigenvalue weighted by Gasteiger charge is -1.93. The lowest BCUT2D eigenvalue weighted by molar-refractivity contribution is 0.184. The standard InChI is InChI=1S/C9H10O3/c1-12-6-7-4-2-3-5-8(10)9(7)11/h2-5H,6H2,1H3,(H,10,11). The normalized spacial score (nSPS) is 9.75. The highest BCUT2D eigenvalue weighted by Crippen LogP contribution is 2.01. The molecule has 3 heteroatoms. The topological polar surface area (TPSA) is 46.5 Å². The monoisotopic (exact) mass is 166 g/mol. The van der Waals surface area contributed by atoms with Gasteiger partial charge in [0.15, 0.2) is 5.75 Å². The van der Waals surface area contributed by atoms with E-state index in [1.807, 2.05) is 0 Å². The molecule has 0 aromatic heterocycles. The average molecular weight is 166 g/mol. The summed E-state index contributed by atoms with van der Waals surface area (Å²) in [6.45, 7) is 0.223. The molecule has 3 nitrogen and oxygen atoms in total. The van der Waals surface area contributed by atoms with E-state index < -0.39 is 0 Å². The van der Waals surface area contributed by atoms with Crippen LogP contribution in [0.25, 0.3) is 0 Å². The Kier molecular flexibility index (Phi) is 2.82. The summed E-state index contributed by atoms with van der Waals surface area (Å²) >= 11 is 0. The van der Waals surface area contributed by atoms with Crippen LogP contribution in [0.4, 0.5) is 0 Å². The van der Waals surface area contributed by atoms with Crippen LogP contribution in [0.5, 0.6) is 5.75 Å². The van der Waals surface area contributed by atoms with Gasteiger partial charge in [-0.2, -0.15) is 0 Å². The van der Waals surface area contributed by atoms with E-state index in [0.717, 1.165) is 0 Å². The molecule has 0 saturated carbocycles. The molecule has 0 aliphatic heterocycles. The molecular weight excluding hydrogens is 156 g/mol. The van der Waals surface area contributed by atoms with Gasteiger partial charge in [-0.3, -0.25) is 4.79 Å². The van der Waals surface area contributed by atoms with Crippen LogP contribution in [0, 0.1) is 0 Å². The Morgan fingerprint density at radius 2 is 2.08 bits per heavy atom. The lowest BCUT2D eigenvalue weighted by atomic mass is 10.3. The summed E-state index contributed by atoms with van der Waals surface area (Å²) in [5.41, 5.74) is 0.0850. The van der Waals surface area contributed by atoms with E-state index >= 15 is 0 Å². The van der Waals surface area contributed by atoms with Gasteiger partial charge in [-0.05, 0) is 6.07 Å². The average Bonchev–Trinajstić information content (AvgIpc) is 2.20. The van der Waals surface area contributed by atoms with Crippen LogP contribution in [0.1, 0.15) is 5.56 Å². The van der Waals surface area contributed by atoms with Crippen molar-refractivity contribution < 1.29 is 9.84 Å². The van der Waals surface area contributed by atoms with Gasteiger partial charge in [-0.15, -0.1) is 0 Å².